The maximum absolute atomic E-state index is 9.92. The third-order valence-electron chi connectivity index (χ3n) is 5.82. The SMILES string of the molecule is CC(c1ccc(O)cc1)C(c1ccccc1)(c1ccccc1)c1ccc(O)cc1. The minimum atomic E-state index is -0.465. The molecule has 29 heavy (non-hydrogen) atoms. The molecule has 1 atom stereocenters. The van der Waals surface area contributed by atoms with E-state index in [1.807, 2.05) is 36.4 Å². The summed E-state index contributed by atoms with van der Waals surface area (Å²) >= 11 is 0. The topological polar surface area (TPSA) is 40.5 Å². The Kier molecular flexibility index (Phi) is 5.09. The normalized spacial score (nSPS) is 12.4. The largest absolute Gasteiger partial charge is 0.508 e. The van der Waals surface area contributed by atoms with E-state index in [1.54, 1.807) is 24.3 Å². The van der Waals surface area contributed by atoms with E-state index in [0.29, 0.717) is 0 Å². The third-order valence-corrected chi connectivity index (χ3v) is 5.82. The standard InChI is InChI=1S/C27H24O2/c1-20(21-12-16-25(28)17-13-21)27(22-8-4-2-5-9-22,23-10-6-3-7-11-23)24-14-18-26(29)19-15-24/h2-20,28-29H,1H3. The van der Waals surface area contributed by atoms with Gasteiger partial charge in [0.2, 0.25) is 0 Å². The van der Waals surface area contributed by atoms with Crippen LogP contribution in [0.15, 0.2) is 109 Å². The molecule has 4 rings (SSSR count). The van der Waals surface area contributed by atoms with Crippen molar-refractivity contribution in [3.05, 3.63) is 131 Å². The average molecular weight is 380 g/mol. The fourth-order valence-corrected chi connectivity index (χ4v) is 4.39. The van der Waals surface area contributed by atoms with Gasteiger partial charge in [-0.3, -0.25) is 0 Å². The number of rotatable bonds is 5. The second-order valence-electron chi connectivity index (χ2n) is 7.40. The molecule has 0 saturated carbocycles. The van der Waals surface area contributed by atoms with Gasteiger partial charge in [0, 0.05) is 0 Å². The molecular weight excluding hydrogens is 356 g/mol. The maximum atomic E-state index is 9.92. The van der Waals surface area contributed by atoms with E-state index in [-0.39, 0.29) is 17.4 Å². The van der Waals surface area contributed by atoms with Gasteiger partial charge in [0.25, 0.3) is 0 Å². The van der Waals surface area contributed by atoms with Gasteiger partial charge in [-0.1, -0.05) is 91.9 Å². The molecule has 0 aromatic heterocycles. The van der Waals surface area contributed by atoms with Crippen molar-refractivity contribution >= 4 is 0 Å². The van der Waals surface area contributed by atoms with E-state index < -0.39 is 5.41 Å². The molecule has 2 N–H and O–H groups in total. The molecule has 0 bridgehead atoms. The van der Waals surface area contributed by atoms with E-state index in [0.717, 1.165) is 11.1 Å². The van der Waals surface area contributed by atoms with Crippen LogP contribution in [0.1, 0.15) is 35.1 Å². The molecule has 0 heterocycles. The van der Waals surface area contributed by atoms with Crippen molar-refractivity contribution in [3.63, 3.8) is 0 Å². The zero-order valence-corrected chi connectivity index (χ0v) is 16.4. The highest BCUT2D eigenvalue weighted by Gasteiger charge is 2.42. The molecular formula is C27H24O2. The van der Waals surface area contributed by atoms with Gasteiger partial charge < -0.3 is 10.2 Å². The minimum absolute atomic E-state index is 0.0671. The van der Waals surface area contributed by atoms with Crippen molar-refractivity contribution in [2.45, 2.75) is 18.3 Å². The van der Waals surface area contributed by atoms with Gasteiger partial charge >= 0.3 is 0 Å². The van der Waals surface area contributed by atoms with E-state index in [9.17, 15) is 10.2 Å². The van der Waals surface area contributed by atoms with Crippen LogP contribution in [0.3, 0.4) is 0 Å². The Labute approximate surface area is 171 Å². The number of phenolic OH excluding ortho intramolecular Hbond substituents is 2. The maximum Gasteiger partial charge on any atom is 0.115 e. The number of phenols is 2. The molecule has 0 fully saturated rings. The molecule has 0 amide bonds. The Morgan fingerprint density at radius 3 is 1.34 bits per heavy atom. The lowest BCUT2D eigenvalue weighted by Gasteiger charge is -2.41. The highest BCUT2D eigenvalue weighted by atomic mass is 16.3. The van der Waals surface area contributed by atoms with Crippen LogP contribution >= 0.6 is 0 Å². The molecule has 4 aromatic rings. The summed E-state index contributed by atoms with van der Waals surface area (Å²) in [6.45, 7) is 2.22. The Bertz CT molecular complexity index is 1010. The van der Waals surface area contributed by atoms with E-state index in [4.69, 9.17) is 0 Å². The second-order valence-corrected chi connectivity index (χ2v) is 7.40. The van der Waals surface area contributed by atoms with Crippen LogP contribution in [-0.4, -0.2) is 10.2 Å². The predicted octanol–water partition coefficient (Wildman–Crippen LogP) is 6.24. The molecule has 0 aliphatic carbocycles. The summed E-state index contributed by atoms with van der Waals surface area (Å²) in [6.07, 6.45) is 0. The fourth-order valence-electron chi connectivity index (χ4n) is 4.39. The van der Waals surface area contributed by atoms with Crippen molar-refractivity contribution < 1.29 is 10.2 Å². The zero-order valence-electron chi connectivity index (χ0n) is 16.4. The van der Waals surface area contributed by atoms with Crippen LogP contribution in [0.25, 0.3) is 0 Å². The van der Waals surface area contributed by atoms with Crippen molar-refractivity contribution in [2.75, 3.05) is 0 Å². The van der Waals surface area contributed by atoms with Gasteiger partial charge in [-0.15, -0.1) is 0 Å². The number of hydrogen-bond acceptors (Lipinski definition) is 2. The second kappa shape index (κ2) is 7.84. The minimum Gasteiger partial charge on any atom is -0.508 e. The number of benzene rings is 4. The van der Waals surface area contributed by atoms with E-state index in [2.05, 4.69) is 55.5 Å². The first-order valence-corrected chi connectivity index (χ1v) is 9.82. The first kappa shape index (κ1) is 18.8. The molecule has 4 aromatic carbocycles. The Morgan fingerprint density at radius 2 is 0.897 bits per heavy atom. The third kappa shape index (κ3) is 3.38. The van der Waals surface area contributed by atoms with Crippen LogP contribution in [0.5, 0.6) is 11.5 Å². The van der Waals surface area contributed by atoms with Gasteiger partial charge in [-0.05, 0) is 52.4 Å². The molecule has 0 spiro atoms. The summed E-state index contributed by atoms with van der Waals surface area (Å²) in [4.78, 5) is 0. The summed E-state index contributed by atoms with van der Waals surface area (Å²) in [5.74, 6) is 0.578. The molecule has 144 valence electrons. The fraction of sp³-hybridized carbons (Fsp3) is 0.111. The van der Waals surface area contributed by atoms with Gasteiger partial charge in [0.05, 0.1) is 5.41 Å². The summed E-state index contributed by atoms with van der Waals surface area (Å²) < 4.78 is 0. The predicted molar refractivity (Wildman–Crippen MR) is 117 cm³/mol. The van der Waals surface area contributed by atoms with Gasteiger partial charge in [-0.25, -0.2) is 0 Å². The summed E-state index contributed by atoms with van der Waals surface area (Å²) in [5, 5.41) is 19.7. The average Bonchev–Trinajstić information content (AvgIpc) is 2.77. The van der Waals surface area contributed by atoms with Gasteiger partial charge in [0.1, 0.15) is 11.5 Å². The van der Waals surface area contributed by atoms with E-state index in [1.165, 1.54) is 11.1 Å². The highest BCUT2D eigenvalue weighted by molar-refractivity contribution is 5.55. The lowest BCUT2D eigenvalue weighted by molar-refractivity contribution is 0.469. The zero-order chi connectivity index (χ0) is 20.3. The van der Waals surface area contributed by atoms with Crippen molar-refractivity contribution in [1.29, 1.82) is 0 Å². The highest BCUT2D eigenvalue weighted by Crippen LogP contribution is 2.49. The van der Waals surface area contributed by atoms with Gasteiger partial charge in [0.15, 0.2) is 0 Å². The first-order valence-electron chi connectivity index (χ1n) is 9.82. The molecule has 1 unspecified atom stereocenters. The Morgan fingerprint density at radius 1 is 0.517 bits per heavy atom. The quantitative estimate of drug-likeness (QED) is 0.403. The molecule has 2 nitrogen and oxygen atoms in total. The van der Waals surface area contributed by atoms with Crippen LogP contribution in [-0.2, 0) is 5.41 Å². The lowest BCUT2D eigenvalue weighted by Crippen LogP contribution is -2.35. The van der Waals surface area contributed by atoms with Crippen LogP contribution in [0, 0.1) is 0 Å². The molecule has 0 saturated heterocycles. The molecule has 0 aliphatic rings. The summed E-state index contributed by atoms with van der Waals surface area (Å²) in [7, 11) is 0. The van der Waals surface area contributed by atoms with Crippen molar-refractivity contribution in [3.8, 4) is 11.5 Å². The summed E-state index contributed by atoms with van der Waals surface area (Å²) in [5.41, 5.74) is 4.12. The van der Waals surface area contributed by atoms with Crippen LogP contribution < -0.4 is 0 Å². The molecule has 0 aliphatic heterocycles. The van der Waals surface area contributed by atoms with Crippen LogP contribution in [0.4, 0.5) is 0 Å². The first-order chi connectivity index (χ1) is 14.1. The summed E-state index contributed by atoms with van der Waals surface area (Å²) in [6, 6.07) is 35.9. The Balaban J connectivity index is 2.05. The molecule has 2 heteroatoms. The van der Waals surface area contributed by atoms with Gasteiger partial charge in [-0.2, -0.15) is 0 Å². The number of aromatic hydroxyl groups is 2. The van der Waals surface area contributed by atoms with Crippen LogP contribution in [0.2, 0.25) is 0 Å². The van der Waals surface area contributed by atoms with E-state index >= 15 is 0 Å². The van der Waals surface area contributed by atoms with Crippen molar-refractivity contribution in [1.82, 2.24) is 0 Å². The smallest absolute Gasteiger partial charge is 0.115 e. The monoisotopic (exact) mass is 380 g/mol. The number of hydrogen-bond donors (Lipinski definition) is 2. The molecule has 0 radical (unpaired) electrons. The lowest BCUT2D eigenvalue weighted by atomic mass is 9.60. The Hall–Kier alpha value is -3.52. The van der Waals surface area contributed by atoms with Crippen molar-refractivity contribution in [2.24, 2.45) is 0 Å².